The molecule has 4 nitrogen and oxygen atoms in total. The molecule has 0 radical (unpaired) electrons. The van der Waals surface area contributed by atoms with E-state index in [1.807, 2.05) is 0 Å². The Labute approximate surface area is 501 Å². The van der Waals surface area contributed by atoms with Crippen molar-refractivity contribution < 1.29 is 8.83 Å². The van der Waals surface area contributed by atoms with Gasteiger partial charge in [0.05, 0.1) is 23.1 Å². The van der Waals surface area contributed by atoms with Crippen LogP contribution in [0.1, 0.15) is 55.8 Å². The Morgan fingerprint density at radius 2 is 0.802 bits per heavy atom. The van der Waals surface area contributed by atoms with E-state index in [1.165, 1.54) is 49.2 Å². The maximum absolute atomic E-state index is 7.29. The fourth-order valence-corrected chi connectivity index (χ4v) is 14.0. The second-order valence-corrected chi connectivity index (χ2v) is 23.2. The first kappa shape index (κ1) is 51.2. The van der Waals surface area contributed by atoms with Gasteiger partial charge in [-0.15, -0.1) is 0 Å². The number of benzene rings is 13. The van der Waals surface area contributed by atoms with Crippen molar-refractivity contribution in [1.29, 1.82) is 0 Å². The molecular weight excluding hydrogens is 1040 g/mol. The molecule has 0 saturated heterocycles. The first-order valence-corrected chi connectivity index (χ1v) is 30.5. The molecule has 0 aliphatic heterocycles. The molecule has 1 atom stereocenters. The van der Waals surface area contributed by atoms with Gasteiger partial charge in [0.1, 0.15) is 11.2 Å². The van der Waals surface area contributed by atoms with Crippen molar-refractivity contribution in [1.82, 2.24) is 0 Å². The van der Waals surface area contributed by atoms with E-state index in [9.17, 15) is 0 Å². The number of rotatable bonds is 14. The number of aryl methyl sites for hydroxylation is 2. The van der Waals surface area contributed by atoms with Crippen LogP contribution in [0.15, 0.2) is 276 Å². The van der Waals surface area contributed by atoms with Gasteiger partial charge in [-0.25, -0.2) is 0 Å². The monoisotopic (exact) mass is 1110 g/mol. The minimum absolute atomic E-state index is 0.126. The third-order valence-corrected chi connectivity index (χ3v) is 17.9. The summed E-state index contributed by atoms with van der Waals surface area (Å²) in [7, 11) is 0. The summed E-state index contributed by atoms with van der Waals surface area (Å²) >= 11 is 0. The van der Waals surface area contributed by atoms with Crippen LogP contribution in [0.5, 0.6) is 0 Å². The van der Waals surface area contributed by atoms with Gasteiger partial charge in [-0.3, -0.25) is 0 Å². The van der Waals surface area contributed by atoms with Gasteiger partial charge in [0.25, 0.3) is 0 Å². The summed E-state index contributed by atoms with van der Waals surface area (Å²) < 4.78 is 14.6. The van der Waals surface area contributed by atoms with E-state index in [-0.39, 0.29) is 6.04 Å². The average Bonchev–Trinajstić information content (AvgIpc) is 1.21. The molecule has 0 N–H and O–H groups in total. The summed E-state index contributed by atoms with van der Waals surface area (Å²) in [6, 6.07) is 98.3. The first-order chi connectivity index (χ1) is 42.6. The number of hydrogen-bond acceptors (Lipinski definition) is 4. The highest BCUT2D eigenvalue weighted by molar-refractivity contribution is 6.19. The number of para-hydroxylation sites is 4. The summed E-state index contributed by atoms with van der Waals surface area (Å²) in [5.41, 5.74) is 21.9. The normalized spacial score (nSPS) is 13.1. The SMILES string of the molecule is CCCc1cccc2c1oc1c(N(c3cc(-c4ccccc4)cc(-c4ccccc4)c3)c3ccc4ccc5c6c(ccc3c46)=CCC5N(c3cc(-c4ccccc4)cc(-c4ccccc4)c3)c3cccc4c3oc3c(CCC)cccc34)cccc12. The summed E-state index contributed by atoms with van der Waals surface area (Å²) in [5.74, 6) is 0. The standard InChI is InChI=1S/C82H62N2O2/c1-3-21-59-31-17-33-67-69-35-19-37-75(81(69)85-79(59)67)83(65-49-61(53-23-9-5-10-24-53)47-62(50-65)54-25-11-6-12-26-54)73-45-41-57-40-44-72-74(46-42-58-39-43-71(73)77(57)78(58)72)84(76-38-20-36-70-68-34-18-32-60(22-4-2)80(68)86-82(70)76)66-51-63(55-27-13-7-14-28-55)48-64(52-66)56-29-15-8-16-30-56/h5-20,23-45,47-52,74H,3-4,21-22,46H2,1-2H3. The van der Waals surface area contributed by atoms with E-state index >= 15 is 0 Å². The van der Waals surface area contributed by atoms with Gasteiger partial charge in [-0.2, -0.15) is 0 Å². The van der Waals surface area contributed by atoms with E-state index < -0.39 is 0 Å². The molecule has 412 valence electrons. The van der Waals surface area contributed by atoms with Gasteiger partial charge < -0.3 is 18.6 Å². The second kappa shape index (κ2) is 21.3. The Morgan fingerprint density at radius 1 is 0.349 bits per heavy atom. The topological polar surface area (TPSA) is 32.8 Å². The van der Waals surface area contributed by atoms with E-state index in [1.54, 1.807) is 0 Å². The summed E-state index contributed by atoms with van der Waals surface area (Å²) in [6.07, 6.45) is 7.21. The quantitative estimate of drug-likeness (QED) is 0.109. The van der Waals surface area contributed by atoms with Gasteiger partial charge in [-0.05, 0) is 156 Å². The molecule has 1 unspecified atom stereocenters. The largest absolute Gasteiger partial charge is 0.454 e. The zero-order valence-corrected chi connectivity index (χ0v) is 48.3. The number of hydrogen-bond donors (Lipinski definition) is 0. The van der Waals surface area contributed by atoms with Crippen LogP contribution in [-0.4, -0.2) is 0 Å². The molecule has 0 amide bonds. The van der Waals surface area contributed by atoms with Crippen molar-refractivity contribution >= 4 is 99.9 Å². The lowest BCUT2D eigenvalue weighted by Crippen LogP contribution is -2.28. The number of fused-ring (bicyclic) bond motifs is 6. The number of furan rings is 2. The van der Waals surface area contributed by atoms with Crippen molar-refractivity contribution in [3.8, 4) is 44.5 Å². The zero-order chi connectivity index (χ0) is 57.2. The molecule has 0 spiro atoms. The van der Waals surface area contributed by atoms with Crippen molar-refractivity contribution in [2.45, 2.75) is 52.0 Å². The van der Waals surface area contributed by atoms with Crippen molar-refractivity contribution in [2.75, 3.05) is 9.80 Å². The molecule has 16 rings (SSSR count). The van der Waals surface area contributed by atoms with Crippen LogP contribution < -0.4 is 15.0 Å². The molecule has 2 aromatic heterocycles. The van der Waals surface area contributed by atoms with Crippen LogP contribution in [0.4, 0.5) is 28.4 Å². The molecule has 1 aliphatic rings. The maximum atomic E-state index is 7.29. The molecular formula is C82H62N2O2. The van der Waals surface area contributed by atoms with Gasteiger partial charge >= 0.3 is 0 Å². The minimum Gasteiger partial charge on any atom is -0.454 e. The van der Waals surface area contributed by atoms with E-state index in [4.69, 9.17) is 8.83 Å². The van der Waals surface area contributed by atoms with Crippen molar-refractivity contribution in [3.63, 3.8) is 0 Å². The minimum atomic E-state index is -0.126. The van der Waals surface area contributed by atoms with Crippen LogP contribution in [0, 0.1) is 0 Å². The highest BCUT2D eigenvalue weighted by Gasteiger charge is 2.32. The third-order valence-electron chi connectivity index (χ3n) is 17.9. The summed E-state index contributed by atoms with van der Waals surface area (Å²) in [5, 5.41) is 10.6. The van der Waals surface area contributed by atoms with Gasteiger partial charge in [0.15, 0.2) is 11.2 Å². The van der Waals surface area contributed by atoms with E-state index in [0.29, 0.717) is 0 Å². The van der Waals surface area contributed by atoms with Gasteiger partial charge in [0.2, 0.25) is 0 Å². The summed E-state index contributed by atoms with van der Waals surface area (Å²) in [6.45, 7) is 4.49. The van der Waals surface area contributed by atoms with Crippen LogP contribution in [0.25, 0.3) is 116 Å². The molecule has 0 saturated carbocycles. The zero-order valence-electron chi connectivity index (χ0n) is 48.3. The first-order valence-electron chi connectivity index (χ1n) is 30.5. The predicted molar refractivity (Wildman–Crippen MR) is 362 cm³/mol. The Bertz CT molecular complexity index is 5000. The number of anilines is 5. The summed E-state index contributed by atoms with van der Waals surface area (Å²) in [4.78, 5) is 5.09. The molecule has 13 aromatic carbocycles. The molecule has 4 heteroatoms. The third kappa shape index (κ3) is 8.66. The highest BCUT2D eigenvalue weighted by atomic mass is 16.3. The number of nitrogens with zero attached hydrogens (tertiary/aromatic N) is 2. The van der Waals surface area contributed by atoms with Crippen molar-refractivity contribution in [3.05, 3.63) is 289 Å². The van der Waals surface area contributed by atoms with Crippen molar-refractivity contribution in [2.24, 2.45) is 0 Å². The lowest BCUT2D eigenvalue weighted by atomic mass is 9.85. The molecule has 0 fully saturated rings. The molecule has 86 heavy (non-hydrogen) atoms. The Balaban J connectivity index is 0.960. The maximum Gasteiger partial charge on any atom is 0.159 e. The Morgan fingerprint density at radius 3 is 1.31 bits per heavy atom. The second-order valence-electron chi connectivity index (χ2n) is 23.2. The predicted octanol–water partition coefficient (Wildman–Crippen LogP) is 22.6. The molecule has 2 heterocycles. The van der Waals surface area contributed by atoms with E-state index in [0.717, 1.165) is 143 Å². The Kier molecular flexibility index (Phi) is 12.7. The smallest absolute Gasteiger partial charge is 0.159 e. The highest BCUT2D eigenvalue weighted by Crippen LogP contribution is 2.51. The van der Waals surface area contributed by atoms with Gasteiger partial charge in [-0.1, -0.05) is 245 Å². The van der Waals surface area contributed by atoms with E-state index in [2.05, 4.69) is 297 Å². The fourth-order valence-electron chi connectivity index (χ4n) is 14.0. The lowest BCUT2D eigenvalue weighted by molar-refractivity contribution is 0.653. The van der Waals surface area contributed by atoms with Crippen LogP contribution >= 0.6 is 0 Å². The molecule has 0 bridgehead atoms. The average molecular weight is 1110 g/mol. The lowest BCUT2D eigenvalue weighted by Gasteiger charge is -2.37. The van der Waals surface area contributed by atoms with Crippen LogP contribution in [0.3, 0.4) is 0 Å². The van der Waals surface area contributed by atoms with Crippen LogP contribution in [-0.2, 0) is 12.8 Å². The molecule has 15 aromatic rings. The fraction of sp³-hybridized carbons (Fsp3) is 0.0976. The van der Waals surface area contributed by atoms with Crippen LogP contribution in [0.2, 0.25) is 0 Å². The Hall–Kier alpha value is -10.4. The molecule has 1 aliphatic carbocycles. The van der Waals surface area contributed by atoms with Gasteiger partial charge in [0, 0.05) is 38.3 Å².